The molecule has 0 heterocycles. The van der Waals surface area contributed by atoms with Gasteiger partial charge in [-0.1, -0.05) is 20.3 Å². The largest absolute Gasteiger partial charge is 0.367 e. The van der Waals surface area contributed by atoms with Gasteiger partial charge in [0.05, 0.1) is 0 Å². The zero-order valence-electron chi connectivity index (χ0n) is 13.0. The highest BCUT2D eigenvalue weighted by Crippen LogP contribution is 2.26. The van der Waals surface area contributed by atoms with Crippen molar-refractivity contribution >= 4 is 5.69 Å². The van der Waals surface area contributed by atoms with Crippen LogP contribution in [0.4, 0.5) is 14.5 Å². The second kappa shape index (κ2) is 8.20. The van der Waals surface area contributed by atoms with E-state index >= 15 is 0 Å². The fraction of sp³-hybridized carbons (Fsp3) is 0.625. The standard InChI is InChI=1S/C16H26F2N2/c1-5-7-12(3)20(4)16-14(17)9-13(10-15(16)18)11-19-8-6-2/h9-10,12,19H,5-8,11H2,1-4H3. The molecule has 1 atom stereocenters. The fourth-order valence-electron chi connectivity index (χ4n) is 2.30. The summed E-state index contributed by atoms with van der Waals surface area (Å²) in [5, 5.41) is 3.15. The van der Waals surface area contributed by atoms with Crippen LogP contribution in [0.3, 0.4) is 0 Å². The van der Waals surface area contributed by atoms with E-state index in [4.69, 9.17) is 0 Å². The molecule has 0 fully saturated rings. The number of halogens is 2. The van der Waals surface area contributed by atoms with E-state index in [1.165, 1.54) is 12.1 Å². The predicted molar refractivity (Wildman–Crippen MR) is 81.1 cm³/mol. The van der Waals surface area contributed by atoms with Crippen LogP contribution in [0, 0.1) is 11.6 Å². The van der Waals surface area contributed by atoms with Crippen molar-refractivity contribution in [3.8, 4) is 0 Å². The van der Waals surface area contributed by atoms with Gasteiger partial charge in [-0.15, -0.1) is 0 Å². The van der Waals surface area contributed by atoms with Crippen LogP contribution in [0.15, 0.2) is 12.1 Å². The summed E-state index contributed by atoms with van der Waals surface area (Å²) in [6, 6.07) is 2.97. The molecule has 1 rings (SSSR count). The molecule has 1 unspecified atom stereocenters. The van der Waals surface area contributed by atoms with Crippen LogP contribution in [-0.4, -0.2) is 19.6 Å². The summed E-state index contributed by atoms with van der Waals surface area (Å²) in [4.78, 5) is 1.69. The zero-order valence-corrected chi connectivity index (χ0v) is 13.0. The first kappa shape index (κ1) is 16.9. The quantitative estimate of drug-likeness (QED) is 0.723. The van der Waals surface area contributed by atoms with Crippen LogP contribution in [-0.2, 0) is 6.54 Å². The van der Waals surface area contributed by atoms with Gasteiger partial charge in [-0.2, -0.15) is 0 Å². The van der Waals surface area contributed by atoms with Gasteiger partial charge in [0, 0.05) is 19.6 Å². The Morgan fingerprint density at radius 1 is 1.15 bits per heavy atom. The number of nitrogens with one attached hydrogen (secondary N) is 1. The molecule has 0 saturated heterocycles. The third-order valence-electron chi connectivity index (χ3n) is 3.55. The van der Waals surface area contributed by atoms with Gasteiger partial charge < -0.3 is 10.2 Å². The summed E-state index contributed by atoms with van der Waals surface area (Å²) >= 11 is 0. The maximum Gasteiger partial charge on any atom is 0.149 e. The Labute approximate surface area is 121 Å². The van der Waals surface area contributed by atoms with Crippen molar-refractivity contribution in [2.24, 2.45) is 0 Å². The van der Waals surface area contributed by atoms with Gasteiger partial charge in [0.25, 0.3) is 0 Å². The molecule has 0 saturated carbocycles. The first-order valence-electron chi connectivity index (χ1n) is 7.42. The number of anilines is 1. The molecule has 0 amide bonds. The monoisotopic (exact) mass is 284 g/mol. The van der Waals surface area contributed by atoms with E-state index in [0.29, 0.717) is 12.1 Å². The number of hydrogen-bond acceptors (Lipinski definition) is 2. The van der Waals surface area contributed by atoms with E-state index in [1.807, 2.05) is 6.92 Å². The van der Waals surface area contributed by atoms with Crippen LogP contribution in [0.25, 0.3) is 0 Å². The molecule has 114 valence electrons. The highest BCUT2D eigenvalue weighted by molar-refractivity contribution is 5.50. The predicted octanol–water partition coefficient (Wildman–Crippen LogP) is 4.09. The van der Waals surface area contributed by atoms with E-state index in [-0.39, 0.29) is 11.7 Å². The molecule has 0 aliphatic rings. The number of rotatable bonds is 8. The normalized spacial score (nSPS) is 12.5. The van der Waals surface area contributed by atoms with Crippen molar-refractivity contribution in [3.63, 3.8) is 0 Å². The molecule has 4 heteroatoms. The second-order valence-electron chi connectivity index (χ2n) is 5.33. The molecule has 0 aliphatic carbocycles. The summed E-state index contributed by atoms with van der Waals surface area (Å²) in [6.07, 6.45) is 2.91. The molecule has 0 aromatic heterocycles. The van der Waals surface area contributed by atoms with Gasteiger partial charge >= 0.3 is 0 Å². The average molecular weight is 284 g/mol. The van der Waals surface area contributed by atoms with Crippen molar-refractivity contribution in [1.29, 1.82) is 0 Å². The third kappa shape index (κ3) is 4.44. The van der Waals surface area contributed by atoms with Gasteiger partial charge in [-0.3, -0.25) is 0 Å². The second-order valence-corrected chi connectivity index (χ2v) is 5.33. The molecule has 0 spiro atoms. The lowest BCUT2D eigenvalue weighted by atomic mass is 10.1. The van der Waals surface area contributed by atoms with Gasteiger partial charge in [0.2, 0.25) is 0 Å². The van der Waals surface area contributed by atoms with Gasteiger partial charge in [0.1, 0.15) is 17.3 Å². The van der Waals surface area contributed by atoms with Crippen molar-refractivity contribution in [1.82, 2.24) is 5.32 Å². The van der Waals surface area contributed by atoms with Crippen molar-refractivity contribution in [3.05, 3.63) is 29.3 Å². The minimum Gasteiger partial charge on any atom is -0.367 e. The molecule has 1 aromatic carbocycles. The zero-order chi connectivity index (χ0) is 15.1. The molecular weight excluding hydrogens is 258 g/mol. The minimum atomic E-state index is -0.483. The Bertz CT molecular complexity index is 398. The Morgan fingerprint density at radius 3 is 2.25 bits per heavy atom. The molecule has 1 aromatic rings. The third-order valence-corrected chi connectivity index (χ3v) is 3.55. The maximum absolute atomic E-state index is 14.2. The lowest BCUT2D eigenvalue weighted by Gasteiger charge is -2.27. The van der Waals surface area contributed by atoms with E-state index in [0.717, 1.165) is 25.8 Å². The highest BCUT2D eigenvalue weighted by Gasteiger charge is 2.18. The molecule has 0 aliphatic heterocycles. The number of benzene rings is 1. The molecule has 0 bridgehead atoms. The van der Waals surface area contributed by atoms with Crippen LogP contribution in [0.1, 0.15) is 45.6 Å². The molecule has 20 heavy (non-hydrogen) atoms. The van der Waals surface area contributed by atoms with Crippen LogP contribution in [0.2, 0.25) is 0 Å². The fourth-order valence-corrected chi connectivity index (χ4v) is 2.30. The topological polar surface area (TPSA) is 15.3 Å². The first-order valence-corrected chi connectivity index (χ1v) is 7.42. The molecule has 1 N–H and O–H groups in total. The summed E-state index contributed by atoms with van der Waals surface area (Å²) in [5.41, 5.74) is 0.721. The number of hydrogen-bond donors (Lipinski definition) is 1. The Morgan fingerprint density at radius 2 is 1.75 bits per heavy atom. The molecule has 2 nitrogen and oxygen atoms in total. The maximum atomic E-state index is 14.2. The lowest BCUT2D eigenvalue weighted by Crippen LogP contribution is -2.30. The lowest BCUT2D eigenvalue weighted by molar-refractivity contribution is 0.543. The summed E-state index contributed by atoms with van der Waals surface area (Å²) in [7, 11) is 1.75. The van der Waals surface area contributed by atoms with Crippen LogP contribution in [0.5, 0.6) is 0 Å². The summed E-state index contributed by atoms with van der Waals surface area (Å²) in [6.45, 7) is 7.45. The van der Waals surface area contributed by atoms with E-state index in [1.54, 1.807) is 11.9 Å². The number of nitrogens with zero attached hydrogens (tertiary/aromatic N) is 1. The summed E-state index contributed by atoms with van der Waals surface area (Å²) in [5.74, 6) is -0.965. The first-order chi connectivity index (χ1) is 9.51. The SMILES string of the molecule is CCCNCc1cc(F)c(N(C)C(C)CCC)c(F)c1. The smallest absolute Gasteiger partial charge is 0.149 e. The van der Waals surface area contributed by atoms with Crippen molar-refractivity contribution in [2.75, 3.05) is 18.5 Å². The van der Waals surface area contributed by atoms with E-state index in [9.17, 15) is 8.78 Å². The molecule has 0 radical (unpaired) electrons. The van der Waals surface area contributed by atoms with Crippen LogP contribution >= 0.6 is 0 Å². The van der Waals surface area contributed by atoms with E-state index < -0.39 is 11.6 Å². The Hall–Kier alpha value is -1.16. The average Bonchev–Trinajstić information content (AvgIpc) is 2.38. The molecular formula is C16H26F2N2. The highest BCUT2D eigenvalue weighted by atomic mass is 19.1. The van der Waals surface area contributed by atoms with Gasteiger partial charge in [-0.25, -0.2) is 8.78 Å². The van der Waals surface area contributed by atoms with Gasteiger partial charge in [-0.05, 0) is 44.0 Å². The van der Waals surface area contributed by atoms with Crippen molar-refractivity contribution in [2.45, 2.75) is 52.6 Å². The van der Waals surface area contributed by atoms with Crippen molar-refractivity contribution < 1.29 is 8.78 Å². The minimum absolute atomic E-state index is 0.0743. The Kier molecular flexibility index (Phi) is 6.93. The summed E-state index contributed by atoms with van der Waals surface area (Å²) < 4.78 is 28.3. The van der Waals surface area contributed by atoms with E-state index in [2.05, 4.69) is 19.2 Å². The Balaban J connectivity index is 2.88. The van der Waals surface area contributed by atoms with Crippen LogP contribution < -0.4 is 10.2 Å². The van der Waals surface area contributed by atoms with Gasteiger partial charge in [0.15, 0.2) is 0 Å².